The lowest BCUT2D eigenvalue weighted by Gasteiger charge is -2.13. The standard InChI is InChI=1S/C12H19N3O2.ClH/c1-4-13-9(2)8-14-12(17)10-5-6-15(3)11(16)7-10;/h5-7,9,13H,4,8H2,1-3H3,(H,14,17);1H/t9-;/m1./s1. The van der Waals surface area contributed by atoms with E-state index in [1.54, 1.807) is 19.3 Å². The number of hydrogen-bond acceptors (Lipinski definition) is 3. The molecule has 6 heteroatoms. The van der Waals surface area contributed by atoms with Crippen LogP contribution < -0.4 is 16.2 Å². The van der Waals surface area contributed by atoms with Gasteiger partial charge in [0, 0.05) is 37.5 Å². The molecule has 0 saturated carbocycles. The Labute approximate surface area is 113 Å². The molecule has 1 amide bonds. The van der Waals surface area contributed by atoms with E-state index in [9.17, 15) is 9.59 Å². The van der Waals surface area contributed by atoms with Gasteiger partial charge in [-0.25, -0.2) is 0 Å². The number of nitrogens with zero attached hydrogens (tertiary/aromatic N) is 1. The fourth-order valence-corrected chi connectivity index (χ4v) is 1.46. The van der Waals surface area contributed by atoms with Gasteiger partial charge in [-0.05, 0) is 19.5 Å². The molecule has 0 unspecified atom stereocenters. The fourth-order valence-electron chi connectivity index (χ4n) is 1.46. The van der Waals surface area contributed by atoms with Crippen molar-refractivity contribution in [3.05, 3.63) is 34.2 Å². The van der Waals surface area contributed by atoms with Crippen molar-refractivity contribution in [2.45, 2.75) is 19.9 Å². The van der Waals surface area contributed by atoms with E-state index in [-0.39, 0.29) is 29.9 Å². The van der Waals surface area contributed by atoms with E-state index in [2.05, 4.69) is 10.6 Å². The molecule has 1 heterocycles. The van der Waals surface area contributed by atoms with Gasteiger partial charge in [0.25, 0.3) is 11.5 Å². The predicted octanol–water partition coefficient (Wildman–Crippen LogP) is 0.535. The second kappa shape index (κ2) is 7.89. The second-order valence-electron chi connectivity index (χ2n) is 4.03. The van der Waals surface area contributed by atoms with Gasteiger partial charge in [0.05, 0.1) is 0 Å². The molecule has 5 nitrogen and oxygen atoms in total. The molecule has 0 saturated heterocycles. The van der Waals surface area contributed by atoms with Crippen molar-refractivity contribution >= 4 is 18.3 Å². The molecule has 0 aliphatic carbocycles. The Morgan fingerprint density at radius 1 is 1.50 bits per heavy atom. The Kier molecular flexibility index (Phi) is 7.31. The third-order valence-electron chi connectivity index (χ3n) is 2.49. The van der Waals surface area contributed by atoms with Crippen LogP contribution in [0.3, 0.4) is 0 Å². The van der Waals surface area contributed by atoms with E-state index in [0.717, 1.165) is 6.54 Å². The summed E-state index contributed by atoms with van der Waals surface area (Å²) in [4.78, 5) is 23.1. The van der Waals surface area contributed by atoms with Gasteiger partial charge >= 0.3 is 0 Å². The second-order valence-corrected chi connectivity index (χ2v) is 4.03. The highest BCUT2D eigenvalue weighted by atomic mass is 35.5. The third-order valence-corrected chi connectivity index (χ3v) is 2.49. The number of halogens is 1. The third kappa shape index (κ3) is 4.89. The molecule has 1 atom stereocenters. The van der Waals surface area contributed by atoms with Crippen LogP contribution >= 0.6 is 12.4 Å². The monoisotopic (exact) mass is 273 g/mol. The molecule has 0 aromatic carbocycles. The maximum absolute atomic E-state index is 11.7. The first kappa shape index (κ1) is 16.7. The quantitative estimate of drug-likeness (QED) is 0.823. The van der Waals surface area contributed by atoms with Crippen LogP contribution in [0.15, 0.2) is 23.1 Å². The van der Waals surface area contributed by atoms with Crippen LogP contribution in [0.4, 0.5) is 0 Å². The molecule has 1 aromatic heterocycles. The number of rotatable bonds is 5. The minimum atomic E-state index is -0.215. The molecule has 1 rings (SSSR count). The zero-order valence-electron chi connectivity index (χ0n) is 10.9. The van der Waals surface area contributed by atoms with Gasteiger partial charge < -0.3 is 15.2 Å². The predicted molar refractivity (Wildman–Crippen MR) is 74.4 cm³/mol. The lowest BCUT2D eigenvalue weighted by molar-refractivity contribution is 0.0950. The zero-order valence-corrected chi connectivity index (χ0v) is 11.7. The van der Waals surface area contributed by atoms with Gasteiger partial charge in [-0.15, -0.1) is 12.4 Å². The summed E-state index contributed by atoms with van der Waals surface area (Å²) >= 11 is 0. The molecular weight excluding hydrogens is 254 g/mol. The number of aryl methyl sites for hydroxylation is 1. The van der Waals surface area contributed by atoms with Gasteiger partial charge in [-0.1, -0.05) is 6.92 Å². The summed E-state index contributed by atoms with van der Waals surface area (Å²) in [5.74, 6) is -0.215. The maximum atomic E-state index is 11.7. The molecule has 0 fully saturated rings. The number of hydrogen-bond donors (Lipinski definition) is 2. The summed E-state index contributed by atoms with van der Waals surface area (Å²) in [5.41, 5.74) is 0.217. The van der Waals surface area contributed by atoms with Crippen molar-refractivity contribution in [1.29, 1.82) is 0 Å². The van der Waals surface area contributed by atoms with E-state index in [0.29, 0.717) is 12.1 Å². The van der Waals surface area contributed by atoms with Gasteiger partial charge in [-0.2, -0.15) is 0 Å². The zero-order chi connectivity index (χ0) is 12.8. The number of carbonyl (C=O) groups excluding carboxylic acids is 1. The van der Waals surface area contributed by atoms with Crippen molar-refractivity contribution in [3.63, 3.8) is 0 Å². The molecule has 2 N–H and O–H groups in total. The van der Waals surface area contributed by atoms with Gasteiger partial charge in [0.15, 0.2) is 0 Å². The summed E-state index contributed by atoms with van der Waals surface area (Å²) in [5, 5.41) is 5.97. The highest BCUT2D eigenvalue weighted by Gasteiger charge is 2.07. The summed E-state index contributed by atoms with van der Waals surface area (Å²) in [6.07, 6.45) is 1.59. The highest BCUT2D eigenvalue weighted by molar-refractivity contribution is 5.93. The Morgan fingerprint density at radius 3 is 2.72 bits per heavy atom. The SMILES string of the molecule is CCN[C@H](C)CNC(=O)c1ccn(C)c(=O)c1.Cl. The fraction of sp³-hybridized carbons (Fsp3) is 0.500. The molecule has 0 spiro atoms. The molecule has 0 radical (unpaired) electrons. The smallest absolute Gasteiger partial charge is 0.251 e. The highest BCUT2D eigenvalue weighted by Crippen LogP contribution is 1.94. The number of amides is 1. The average Bonchev–Trinajstić information content (AvgIpc) is 2.30. The Bertz CT molecular complexity index is 445. The molecule has 18 heavy (non-hydrogen) atoms. The lowest BCUT2D eigenvalue weighted by Crippen LogP contribution is -2.39. The summed E-state index contributed by atoms with van der Waals surface area (Å²) in [7, 11) is 1.65. The van der Waals surface area contributed by atoms with E-state index in [1.807, 2.05) is 13.8 Å². The average molecular weight is 274 g/mol. The number of carbonyl (C=O) groups is 1. The summed E-state index contributed by atoms with van der Waals surface area (Å²) in [6, 6.07) is 3.19. The van der Waals surface area contributed by atoms with E-state index >= 15 is 0 Å². The largest absolute Gasteiger partial charge is 0.350 e. The molecular formula is C12H20ClN3O2. The maximum Gasteiger partial charge on any atom is 0.251 e. The molecule has 102 valence electrons. The van der Waals surface area contributed by atoms with Crippen LogP contribution in [-0.2, 0) is 7.05 Å². The molecule has 0 aliphatic rings. The Morgan fingerprint density at radius 2 is 2.17 bits per heavy atom. The first-order chi connectivity index (χ1) is 8.04. The van der Waals surface area contributed by atoms with Crippen LogP contribution in [0.1, 0.15) is 24.2 Å². The number of aromatic nitrogens is 1. The minimum absolute atomic E-state index is 0. The van der Waals surface area contributed by atoms with Crippen molar-refractivity contribution in [3.8, 4) is 0 Å². The van der Waals surface area contributed by atoms with Gasteiger partial charge in [0.1, 0.15) is 0 Å². The van der Waals surface area contributed by atoms with Crippen molar-refractivity contribution < 1.29 is 4.79 Å². The van der Waals surface area contributed by atoms with E-state index < -0.39 is 0 Å². The molecule has 0 bridgehead atoms. The Balaban J connectivity index is 0.00000289. The summed E-state index contributed by atoms with van der Waals surface area (Å²) in [6.45, 7) is 5.41. The van der Waals surface area contributed by atoms with Crippen molar-refractivity contribution in [2.75, 3.05) is 13.1 Å². The van der Waals surface area contributed by atoms with E-state index in [1.165, 1.54) is 10.6 Å². The molecule has 1 aromatic rings. The first-order valence-corrected chi connectivity index (χ1v) is 5.73. The first-order valence-electron chi connectivity index (χ1n) is 5.73. The van der Waals surface area contributed by atoms with Crippen LogP contribution in [0.5, 0.6) is 0 Å². The van der Waals surface area contributed by atoms with Crippen molar-refractivity contribution in [1.82, 2.24) is 15.2 Å². The van der Waals surface area contributed by atoms with Crippen molar-refractivity contribution in [2.24, 2.45) is 7.05 Å². The summed E-state index contributed by atoms with van der Waals surface area (Å²) < 4.78 is 1.43. The normalized spacial score (nSPS) is 11.5. The van der Waals surface area contributed by atoms with Crippen LogP contribution in [0.25, 0.3) is 0 Å². The topological polar surface area (TPSA) is 63.1 Å². The van der Waals surface area contributed by atoms with Gasteiger partial charge in [0.2, 0.25) is 0 Å². The van der Waals surface area contributed by atoms with Gasteiger partial charge in [-0.3, -0.25) is 9.59 Å². The van der Waals surface area contributed by atoms with E-state index in [4.69, 9.17) is 0 Å². The Hall–Kier alpha value is -1.33. The van der Waals surface area contributed by atoms with Crippen LogP contribution in [0.2, 0.25) is 0 Å². The molecule has 0 aliphatic heterocycles. The van der Waals surface area contributed by atoms with Crippen LogP contribution in [-0.4, -0.2) is 29.6 Å². The number of likely N-dealkylation sites (N-methyl/N-ethyl adjacent to an activating group) is 1. The lowest BCUT2D eigenvalue weighted by atomic mass is 10.2. The minimum Gasteiger partial charge on any atom is -0.350 e. The van der Waals surface area contributed by atoms with Crippen LogP contribution in [0, 0.1) is 0 Å². The number of pyridine rings is 1. The number of nitrogens with one attached hydrogen (secondary N) is 2.